The molecule has 1 amide bonds. The van der Waals surface area contributed by atoms with Crippen LogP contribution < -0.4 is 5.32 Å². The smallest absolute Gasteiger partial charge is 0.326 e. The van der Waals surface area contributed by atoms with Crippen LogP contribution in [0.3, 0.4) is 0 Å². The molecule has 2 heterocycles. The van der Waals surface area contributed by atoms with E-state index in [2.05, 4.69) is 20.3 Å². The summed E-state index contributed by atoms with van der Waals surface area (Å²) in [6.07, 6.45) is 5.76. The van der Waals surface area contributed by atoms with Crippen molar-refractivity contribution in [3.8, 4) is 10.8 Å². The highest BCUT2D eigenvalue weighted by molar-refractivity contribution is 7.17. The van der Waals surface area contributed by atoms with E-state index >= 15 is 0 Å². The van der Waals surface area contributed by atoms with Crippen LogP contribution in [-0.2, 0) is 4.79 Å². The van der Waals surface area contributed by atoms with Crippen LogP contribution in [0.1, 0.15) is 34.6 Å². The predicted molar refractivity (Wildman–Crippen MR) is 84.1 cm³/mol. The average molecular weight is 332 g/mol. The molecule has 2 aromatic rings. The Labute approximate surface area is 136 Å². The molecule has 2 N–H and O–H groups in total. The van der Waals surface area contributed by atoms with Gasteiger partial charge in [0, 0.05) is 12.4 Å². The molecule has 1 aliphatic rings. The SMILES string of the molecule is Cc1nc(-c2ncccn2)sc1C(=O)NC(CC1CC1)C(=O)O. The number of carbonyl (C=O) groups excluding carboxylic acids is 1. The van der Waals surface area contributed by atoms with Gasteiger partial charge in [-0.1, -0.05) is 12.8 Å². The summed E-state index contributed by atoms with van der Waals surface area (Å²) in [7, 11) is 0. The maximum absolute atomic E-state index is 12.4. The van der Waals surface area contributed by atoms with E-state index in [1.165, 1.54) is 11.3 Å². The third-order valence-electron chi connectivity index (χ3n) is 3.63. The summed E-state index contributed by atoms with van der Waals surface area (Å²) in [5.74, 6) is -0.547. The van der Waals surface area contributed by atoms with E-state index in [1.807, 2.05) is 0 Å². The summed E-state index contributed by atoms with van der Waals surface area (Å²) in [4.78, 5) is 36.6. The van der Waals surface area contributed by atoms with Crippen molar-refractivity contribution in [2.45, 2.75) is 32.2 Å². The van der Waals surface area contributed by atoms with Gasteiger partial charge in [-0.15, -0.1) is 11.3 Å². The topological polar surface area (TPSA) is 105 Å². The first-order chi connectivity index (χ1) is 11.0. The number of thiazole rings is 1. The largest absolute Gasteiger partial charge is 0.480 e. The molecule has 0 spiro atoms. The van der Waals surface area contributed by atoms with Gasteiger partial charge in [0.25, 0.3) is 5.91 Å². The van der Waals surface area contributed by atoms with E-state index in [1.54, 1.807) is 25.4 Å². The third kappa shape index (κ3) is 3.70. The molecule has 23 heavy (non-hydrogen) atoms. The number of rotatable bonds is 6. The average Bonchev–Trinajstić information content (AvgIpc) is 3.27. The normalized spacial score (nSPS) is 15.2. The van der Waals surface area contributed by atoms with E-state index in [-0.39, 0.29) is 0 Å². The molecule has 0 radical (unpaired) electrons. The van der Waals surface area contributed by atoms with Crippen LogP contribution in [0.25, 0.3) is 10.8 Å². The van der Waals surface area contributed by atoms with Gasteiger partial charge in [-0.25, -0.2) is 19.7 Å². The fourth-order valence-electron chi connectivity index (χ4n) is 2.24. The van der Waals surface area contributed by atoms with Crippen LogP contribution in [0, 0.1) is 12.8 Å². The Hall–Kier alpha value is -2.35. The van der Waals surface area contributed by atoms with Crippen LogP contribution in [0.2, 0.25) is 0 Å². The highest BCUT2D eigenvalue weighted by Crippen LogP contribution is 2.33. The van der Waals surface area contributed by atoms with Crippen molar-refractivity contribution >= 4 is 23.2 Å². The molecule has 1 fully saturated rings. The fraction of sp³-hybridized carbons (Fsp3) is 0.400. The standard InChI is InChI=1S/C15H16N4O3S/c1-8-11(23-14(18-8)12-16-5-2-6-17-12)13(20)19-10(15(21)22)7-9-3-4-9/h2,5-6,9-10H,3-4,7H2,1H3,(H,19,20)(H,21,22). The minimum atomic E-state index is -1.00. The van der Waals surface area contributed by atoms with Gasteiger partial charge in [0.2, 0.25) is 0 Å². The van der Waals surface area contributed by atoms with Crippen molar-refractivity contribution in [3.63, 3.8) is 0 Å². The number of carboxylic acid groups (broad SMARTS) is 1. The van der Waals surface area contributed by atoms with E-state index in [4.69, 9.17) is 0 Å². The molecule has 0 saturated heterocycles. The highest BCUT2D eigenvalue weighted by atomic mass is 32.1. The molecule has 1 aliphatic carbocycles. The molecule has 0 aliphatic heterocycles. The maximum Gasteiger partial charge on any atom is 0.326 e. The molecule has 8 heteroatoms. The second-order valence-electron chi connectivity index (χ2n) is 5.55. The van der Waals surface area contributed by atoms with Crippen molar-refractivity contribution in [2.24, 2.45) is 5.92 Å². The summed E-state index contributed by atoms with van der Waals surface area (Å²) >= 11 is 1.17. The van der Waals surface area contributed by atoms with Crippen LogP contribution in [0.15, 0.2) is 18.5 Å². The number of aromatic nitrogens is 3. The van der Waals surface area contributed by atoms with Gasteiger partial charge in [-0.05, 0) is 25.3 Å². The first-order valence-corrected chi connectivity index (χ1v) is 8.14. The van der Waals surface area contributed by atoms with Gasteiger partial charge in [0.15, 0.2) is 10.8 Å². The highest BCUT2D eigenvalue weighted by Gasteiger charge is 2.31. The molecule has 2 aromatic heterocycles. The lowest BCUT2D eigenvalue weighted by molar-refractivity contribution is -0.139. The number of carbonyl (C=O) groups is 2. The first kappa shape index (κ1) is 15.5. The van der Waals surface area contributed by atoms with Gasteiger partial charge in [0.1, 0.15) is 10.9 Å². The van der Waals surface area contributed by atoms with E-state index in [0.717, 1.165) is 12.8 Å². The quantitative estimate of drug-likeness (QED) is 0.837. The monoisotopic (exact) mass is 332 g/mol. The summed E-state index contributed by atoms with van der Waals surface area (Å²) in [6.45, 7) is 1.72. The second-order valence-corrected chi connectivity index (χ2v) is 6.55. The Bertz CT molecular complexity index is 728. The van der Waals surface area contributed by atoms with Crippen molar-refractivity contribution in [3.05, 3.63) is 29.0 Å². The van der Waals surface area contributed by atoms with Crippen LogP contribution >= 0.6 is 11.3 Å². The molecule has 3 rings (SSSR count). The van der Waals surface area contributed by atoms with Gasteiger partial charge in [-0.2, -0.15) is 0 Å². The number of hydrogen-bond acceptors (Lipinski definition) is 6. The number of aliphatic carboxylic acids is 1. The third-order valence-corrected chi connectivity index (χ3v) is 4.78. The first-order valence-electron chi connectivity index (χ1n) is 7.33. The lowest BCUT2D eigenvalue weighted by Crippen LogP contribution is -2.41. The molecule has 120 valence electrons. The summed E-state index contributed by atoms with van der Waals surface area (Å²) in [6, 6.07) is 0.848. The number of aryl methyl sites for hydroxylation is 1. The lowest BCUT2D eigenvalue weighted by Gasteiger charge is -2.13. The van der Waals surface area contributed by atoms with Crippen molar-refractivity contribution in [2.75, 3.05) is 0 Å². The second kappa shape index (κ2) is 6.41. The Balaban J connectivity index is 1.76. The zero-order chi connectivity index (χ0) is 16.4. The van der Waals surface area contributed by atoms with Crippen molar-refractivity contribution in [1.29, 1.82) is 0 Å². The van der Waals surface area contributed by atoms with E-state index in [9.17, 15) is 14.7 Å². The molecule has 7 nitrogen and oxygen atoms in total. The van der Waals surface area contributed by atoms with E-state index in [0.29, 0.717) is 33.7 Å². The van der Waals surface area contributed by atoms with Gasteiger partial charge < -0.3 is 10.4 Å². The van der Waals surface area contributed by atoms with Gasteiger partial charge >= 0.3 is 5.97 Å². The Morgan fingerprint density at radius 2 is 2.09 bits per heavy atom. The zero-order valence-electron chi connectivity index (χ0n) is 12.5. The molecule has 1 saturated carbocycles. The summed E-state index contributed by atoms with van der Waals surface area (Å²) < 4.78 is 0. The molecule has 1 atom stereocenters. The minimum absolute atomic E-state index is 0.398. The van der Waals surface area contributed by atoms with Gasteiger partial charge in [-0.3, -0.25) is 4.79 Å². The fourth-order valence-corrected chi connectivity index (χ4v) is 3.16. The number of nitrogens with one attached hydrogen (secondary N) is 1. The van der Waals surface area contributed by atoms with Gasteiger partial charge in [0.05, 0.1) is 5.69 Å². The number of nitrogens with zero attached hydrogens (tertiary/aromatic N) is 3. The molecule has 0 bridgehead atoms. The number of carboxylic acids is 1. The van der Waals surface area contributed by atoms with Crippen molar-refractivity contribution < 1.29 is 14.7 Å². The Morgan fingerprint density at radius 1 is 1.39 bits per heavy atom. The van der Waals surface area contributed by atoms with Crippen LogP contribution in [0.4, 0.5) is 0 Å². The maximum atomic E-state index is 12.4. The zero-order valence-corrected chi connectivity index (χ0v) is 13.3. The molecular weight excluding hydrogens is 316 g/mol. The Morgan fingerprint density at radius 3 is 2.70 bits per heavy atom. The molecule has 1 unspecified atom stereocenters. The number of hydrogen-bond donors (Lipinski definition) is 2. The van der Waals surface area contributed by atoms with Crippen molar-refractivity contribution in [1.82, 2.24) is 20.3 Å². The van der Waals surface area contributed by atoms with E-state index < -0.39 is 17.9 Å². The molecular formula is C15H16N4O3S. The van der Waals surface area contributed by atoms with Crippen LogP contribution in [-0.4, -0.2) is 38.0 Å². The molecule has 0 aromatic carbocycles. The number of amides is 1. The summed E-state index contributed by atoms with van der Waals surface area (Å²) in [5, 5.41) is 12.4. The predicted octanol–water partition coefficient (Wildman–Crippen LogP) is 1.89. The van der Waals surface area contributed by atoms with Crippen LogP contribution in [0.5, 0.6) is 0 Å². The minimum Gasteiger partial charge on any atom is -0.480 e. The summed E-state index contributed by atoms with van der Waals surface area (Å²) in [5.41, 5.74) is 0.547. The lowest BCUT2D eigenvalue weighted by atomic mass is 10.1. The Kier molecular flexibility index (Phi) is 4.33.